The summed E-state index contributed by atoms with van der Waals surface area (Å²) in [4.78, 5) is 10.8. The molecule has 0 saturated carbocycles. The van der Waals surface area contributed by atoms with E-state index in [0.717, 1.165) is 37.1 Å². The van der Waals surface area contributed by atoms with E-state index >= 15 is 0 Å². The van der Waals surface area contributed by atoms with Gasteiger partial charge in [0.2, 0.25) is 0 Å². The molecule has 0 spiro atoms. The maximum absolute atomic E-state index is 10.8. The van der Waals surface area contributed by atoms with Crippen LogP contribution in [0.25, 0.3) is 0 Å². The van der Waals surface area contributed by atoms with Crippen LogP contribution in [0.2, 0.25) is 0 Å². The highest BCUT2D eigenvalue weighted by atomic mass is 16.4. The van der Waals surface area contributed by atoms with Gasteiger partial charge in [-0.2, -0.15) is 0 Å². The Morgan fingerprint density at radius 2 is 2.10 bits per heavy atom. The van der Waals surface area contributed by atoms with Gasteiger partial charge in [0, 0.05) is 24.6 Å². The minimum absolute atomic E-state index is 0.323. The topological polar surface area (TPSA) is 62.5 Å². The molecule has 1 heterocycles. The number of nitrogens with one attached hydrogen (secondary N) is 1. The molecule has 3 rings (SSSR count). The first-order valence-electron chi connectivity index (χ1n) is 6.86. The van der Waals surface area contributed by atoms with E-state index < -0.39 is 5.97 Å². The van der Waals surface area contributed by atoms with E-state index in [1.165, 1.54) is 5.56 Å². The van der Waals surface area contributed by atoms with Gasteiger partial charge < -0.3 is 14.8 Å². The summed E-state index contributed by atoms with van der Waals surface area (Å²) >= 11 is 0. The molecule has 4 heteroatoms. The number of furan rings is 1. The number of benzene rings is 1. The van der Waals surface area contributed by atoms with E-state index in [9.17, 15) is 4.79 Å². The molecule has 0 radical (unpaired) electrons. The number of hydrogen-bond donors (Lipinski definition) is 2. The summed E-state index contributed by atoms with van der Waals surface area (Å²) in [5.41, 5.74) is 2.67. The van der Waals surface area contributed by atoms with E-state index in [-0.39, 0.29) is 0 Å². The predicted octanol–water partition coefficient (Wildman–Crippen LogP) is 3.15. The first-order chi connectivity index (χ1) is 9.74. The van der Waals surface area contributed by atoms with Gasteiger partial charge in [-0.1, -0.05) is 12.1 Å². The minimum Gasteiger partial charge on any atom is -0.478 e. The number of aryl methyl sites for hydroxylation is 1. The molecule has 0 aliphatic heterocycles. The highest BCUT2D eigenvalue weighted by Crippen LogP contribution is 2.30. The normalized spacial score (nSPS) is 17.7. The second-order valence-corrected chi connectivity index (χ2v) is 5.13. The molecular formula is C16H17NO3. The predicted molar refractivity (Wildman–Crippen MR) is 74.6 cm³/mol. The molecule has 1 aliphatic rings. The fourth-order valence-electron chi connectivity index (χ4n) is 2.70. The first kappa shape index (κ1) is 12.9. The summed E-state index contributed by atoms with van der Waals surface area (Å²) in [6.07, 6.45) is 5.02. The van der Waals surface area contributed by atoms with E-state index in [4.69, 9.17) is 9.52 Å². The van der Waals surface area contributed by atoms with Gasteiger partial charge in [-0.3, -0.25) is 0 Å². The van der Waals surface area contributed by atoms with Crippen LogP contribution in [0.1, 0.15) is 46.1 Å². The van der Waals surface area contributed by atoms with Crippen molar-refractivity contribution in [2.24, 2.45) is 0 Å². The van der Waals surface area contributed by atoms with Gasteiger partial charge in [0.1, 0.15) is 5.76 Å². The van der Waals surface area contributed by atoms with Gasteiger partial charge in [-0.25, -0.2) is 4.79 Å². The lowest BCUT2D eigenvalue weighted by Gasteiger charge is -2.22. The SMILES string of the molecule is O=C(O)c1ccc(CNC2CCCc3occc32)cc1. The van der Waals surface area contributed by atoms with Crippen LogP contribution in [0, 0.1) is 0 Å². The van der Waals surface area contributed by atoms with Crippen molar-refractivity contribution in [3.8, 4) is 0 Å². The molecule has 2 N–H and O–H groups in total. The highest BCUT2D eigenvalue weighted by molar-refractivity contribution is 5.87. The third-order valence-electron chi connectivity index (χ3n) is 3.81. The molecule has 4 nitrogen and oxygen atoms in total. The van der Waals surface area contributed by atoms with Crippen molar-refractivity contribution in [1.82, 2.24) is 5.32 Å². The number of carboxylic acids is 1. The standard InChI is InChI=1S/C16H17NO3/c18-16(19)12-6-4-11(5-7-12)10-17-14-2-1-3-15-13(14)8-9-20-15/h4-9,14,17H,1-3,10H2,(H,18,19). The zero-order valence-corrected chi connectivity index (χ0v) is 11.1. The Kier molecular flexibility index (Phi) is 3.56. The zero-order valence-electron chi connectivity index (χ0n) is 11.1. The molecule has 1 atom stereocenters. The van der Waals surface area contributed by atoms with E-state index in [0.29, 0.717) is 11.6 Å². The average Bonchev–Trinajstić information content (AvgIpc) is 2.94. The lowest BCUT2D eigenvalue weighted by molar-refractivity contribution is 0.0697. The molecule has 0 fully saturated rings. The molecule has 104 valence electrons. The van der Waals surface area contributed by atoms with Crippen LogP contribution >= 0.6 is 0 Å². The van der Waals surface area contributed by atoms with Gasteiger partial charge >= 0.3 is 5.97 Å². The second-order valence-electron chi connectivity index (χ2n) is 5.13. The molecule has 1 unspecified atom stereocenters. The first-order valence-corrected chi connectivity index (χ1v) is 6.86. The number of carbonyl (C=O) groups is 1. The van der Waals surface area contributed by atoms with Gasteiger partial charge in [0.25, 0.3) is 0 Å². The van der Waals surface area contributed by atoms with E-state index in [1.807, 2.05) is 18.2 Å². The fraction of sp³-hybridized carbons (Fsp3) is 0.312. The Labute approximate surface area is 117 Å². The van der Waals surface area contributed by atoms with Gasteiger partial charge in [-0.15, -0.1) is 0 Å². The second kappa shape index (κ2) is 5.51. The Bertz CT molecular complexity index is 600. The van der Waals surface area contributed by atoms with Crippen LogP contribution in [0.4, 0.5) is 0 Å². The Hall–Kier alpha value is -2.07. The molecule has 1 aromatic carbocycles. The van der Waals surface area contributed by atoms with Crippen LogP contribution in [0.3, 0.4) is 0 Å². The summed E-state index contributed by atoms with van der Waals surface area (Å²) in [6.45, 7) is 0.731. The largest absolute Gasteiger partial charge is 0.478 e. The summed E-state index contributed by atoms with van der Waals surface area (Å²) < 4.78 is 5.48. The Morgan fingerprint density at radius 1 is 1.30 bits per heavy atom. The van der Waals surface area contributed by atoms with E-state index in [1.54, 1.807) is 18.4 Å². The van der Waals surface area contributed by atoms with Crippen LogP contribution in [0.15, 0.2) is 41.0 Å². The highest BCUT2D eigenvalue weighted by Gasteiger charge is 2.21. The maximum atomic E-state index is 10.8. The van der Waals surface area contributed by atoms with Crippen LogP contribution < -0.4 is 5.32 Å². The summed E-state index contributed by atoms with van der Waals surface area (Å²) in [6, 6.07) is 9.37. The fourth-order valence-corrected chi connectivity index (χ4v) is 2.70. The smallest absolute Gasteiger partial charge is 0.335 e. The van der Waals surface area contributed by atoms with Gasteiger partial charge in [0.05, 0.1) is 11.8 Å². The van der Waals surface area contributed by atoms with Gasteiger partial charge in [0.15, 0.2) is 0 Å². The number of rotatable bonds is 4. The molecule has 20 heavy (non-hydrogen) atoms. The quantitative estimate of drug-likeness (QED) is 0.896. The van der Waals surface area contributed by atoms with Crippen LogP contribution in [0.5, 0.6) is 0 Å². The van der Waals surface area contributed by atoms with Gasteiger partial charge in [-0.05, 0) is 36.6 Å². The number of carboxylic acid groups (broad SMARTS) is 1. The number of aromatic carboxylic acids is 1. The number of hydrogen-bond acceptors (Lipinski definition) is 3. The Morgan fingerprint density at radius 3 is 2.85 bits per heavy atom. The minimum atomic E-state index is -0.889. The molecule has 2 aromatic rings. The molecular weight excluding hydrogens is 254 g/mol. The molecule has 0 bridgehead atoms. The lowest BCUT2D eigenvalue weighted by atomic mass is 9.93. The molecule has 0 amide bonds. The lowest BCUT2D eigenvalue weighted by Crippen LogP contribution is -2.24. The summed E-state index contributed by atoms with van der Waals surface area (Å²) in [5.74, 6) is 0.204. The zero-order chi connectivity index (χ0) is 13.9. The van der Waals surface area contributed by atoms with E-state index in [2.05, 4.69) is 5.32 Å². The third kappa shape index (κ3) is 2.60. The van der Waals surface area contributed by atoms with Crippen LogP contribution in [-0.2, 0) is 13.0 Å². The van der Waals surface area contributed by atoms with Crippen molar-refractivity contribution in [2.45, 2.75) is 31.8 Å². The van der Waals surface area contributed by atoms with Crippen molar-refractivity contribution < 1.29 is 14.3 Å². The molecule has 1 aromatic heterocycles. The summed E-state index contributed by atoms with van der Waals surface area (Å²) in [7, 11) is 0. The monoisotopic (exact) mass is 271 g/mol. The maximum Gasteiger partial charge on any atom is 0.335 e. The van der Waals surface area contributed by atoms with Crippen molar-refractivity contribution in [3.05, 3.63) is 59.0 Å². The van der Waals surface area contributed by atoms with Crippen molar-refractivity contribution in [3.63, 3.8) is 0 Å². The van der Waals surface area contributed by atoms with Crippen molar-refractivity contribution >= 4 is 5.97 Å². The van der Waals surface area contributed by atoms with Crippen molar-refractivity contribution in [1.29, 1.82) is 0 Å². The summed E-state index contributed by atoms with van der Waals surface area (Å²) in [5, 5.41) is 12.4. The molecule has 1 aliphatic carbocycles. The third-order valence-corrected chi connectivity index (χ3v) is 3.81. The van der Waals surface area contributed by atoms with Crippen molar-refractivity contribution in [2.75, 3.05) is 0 Å². The average molecular weight is 271 g/mol. The molecule has 0 saturated heterocycles. The number of fused-ring (bicyclic) bond motifs is 1. The Balaban J connectivity index is 1.64. The van der Waals surface area contributed by atoms with Crippen LogP contribution in [-0.4, -0.2) is 11.1 Å².